The number of aliphatic hydroxyl groups excluding tert-OH is 2. The van der Waals surface area contributed by atoms with Crippen LogP contribution in [0.3, 0.4) is 0 Å². The molecule has 0 aromatic rings. The molecule has 1 amide bonds. The molecule has 2 unspecified atom stereocenters. The number of carbonyl (C=O) groups is 2. The average Bonchev–Trinajstić information content (AvgIpc) is 3.33. The van der Waals surface area contributed by atoms with E-state index < -0.39 is 12.1 Å². The summed E-state index contributed by atoms with van der Waals surface area (Å²) >= 11 is 0. The number of amides is 1. The van der Waals surface area contributed by atoms with Crippen LogP contribution in [0.1, 0.15) is 341 Å². The van der Waals surface area contributed by atoms with E-state index >= 15 is 0 Å². The maximum absolute atomic E-state index is 12.5. The molecule has 2 atom stereocenters. The Balaban J connectivity index is 3.37. The van der Waals surface area contributed by atoms with E-state index in [0.29, 0.717) is 25.9 Å². The molecule has 0 aromatic heterocycles. The molecule has 0 heterocycles. The molecule has 0 aliphatic heterocycles. The number of esters is 1. The van der Waals surface area contributed by atoms with Gasteiger partial charge < -0.3 is 20.3 Å². The minimum atomic E-state index is -0.663. The topological polar surface area (TPSA) is 95.9 Å². The Kier molecular flexibility index (Phi) is 56.0. The van der Waals surface area contributed by atoms with Crippen LogP contribution >= 0.6 is 0 Å². The molecule has 0 rings (SSSR count). The van der Waals surface area contributed by atoms with Crippen molar-refractivity contribution in [2.75, 3.05) is 13.2 Å². The third kappa shape index (κ3) is 53.8. The first kappa shape index (κ1) is 65.6. The molecule has 0 saturated carbocycles. The van der Waals surface area contributed by atoms with Crippen LogP contribution in [0.2, 0.25) is 0 Å². The van der Waals surface area contributed by atoms with E-state index in [1.54, 1.807) is 0 Å². The Labute approximate surface area is 419 Å². The van der Waals surface area contributed by atoms with Gasteiger partial charge >= 0.3 is 5.97 Å². The van der Waals surface area contributed by atoms with Crippen molar-refractivity contribution in [1.82, 2.24) is 5.32 Å². The summed E-state index contributed by atoms with van der Waals surface area (Å²) in [5.74, 6) is -0.0280. The van der Waals surface area contributed by atoms with Crippen molar-refractivity contribution >= 4 is 11.9 Å². The number of ether oxygens (including phenoxy) is 1. The highest BCUT2D eigenvalue weighted by atomic mass is 16.5. The van der Waals surface area contributed by atoms with Crippen LogP contribution in [-0.4, -0.2) is 47.4 Å². The average molecular weight is 947 g/mol. The number of rotatable bonds is 57. The van der Waals surface area contributed by atoms with Crippen LogP contribution in [0.4, 0.5) is 0 Å². The number of carbonyl (C=O) groups excluding carboxylic acids is 2. The van der Waals surface area contributed by atoms with E-state index in [2.05, 4.69) is 31.3 Å². The predicted molar refractivity (Wildman–Crippen MR) is 292 cm³/mol. The van der Waals surface area contributed by atoms with Gasteiger partial charge in [0.2, 0.25) is 5.91 Å². The third-order valence-electron chi connectivity index (χ3n) is 14.3. The minimum absolute atomic E-state index is 0.00531. The first-order chi connectivity index (χ1) is 33.0. The van der Waals surface area contributed by atoms with Crippen LogP contribution in [0.15, 0.2) is 12.2 Å². The molecular weight excluding hydrogens is 827 g/mol. The quantitative estimate of drug-likeness (QED) is 0.0321. The Bertz CT molecular complexity index is 1000. The maximum atomic E-state index is 12.5. The lowest BCUT2D eigenvalue weighted by atomic mass is 10.0. The summed E-state index contributed by atoms with van der Waals surface area (Å²) in [5.41, 5.74) is 0. The molecule has 67 heavy (non-hydrogen) atoms. The molecule has 0 saturated heterocycles. The third-order valence-corrected chi connectivity index (χ3v) is 14.3. The molecule has 0 bridgehead atoms. The summed E-state index contributed by atoms with van der Waals surface area (Å²) in [7, 11) is 0. The molecule has 0 aromatic carbocycles. The highest BCUT2D eigenvalue weighted by Gasteiger charge is 2.20. The minimum Gasteiger partial charge on any atom is -0.466 e. The SMILES string of the molecule is CCCCCCC/C=C\CCCCCCCC(=O)OCCCCCCCCCCCCCCCCCCCCCCCCC(=O)NC(CO)C(O)CCCCCCCCCCCCCCCC. The van der Waals surface area contributed by atoms with Crippen LogP contribution in [0.25, 0.3) is 0 Å². The van der Waals surface area contributed by atoms with Gasteiger partial charge in [0.05, 0.1) is 25.4 Å². The number of hydrogen-bond donors (Lipinski definition) is 3. The number of nitrogens with one attached hydrogen (secondary N) is 1. The fourth-order valence-corrected chi connectivity index (χ4v) is 9.64. The lowest BCUT2D eigenvalue weighted by molar-refractivity contribution is -0.143. The number of aliphatic hydroxyl groups is 2. The van der Waals surface area contributed by atoms with Gasteiger partial charge in [-0.3, -0.25) is 9.59 Å². The van der Waals surface area contributed by atoms with Gasteiger partial charge in [0.1, 0.15) is 0 Å². The second kappa shape index (κ2) is 57.2. The van der Waals surface area contributed by atoms with E-state index in [1.807, 2.05) is 0 Å². The summed E-state index contributed by atoms with van der Waals surface area (Å²) in [6.07, 6.45) is 67.9. The van der Waals surface area contributed by atoms with Crippen molar-refractivity contribution in [1.29, 1.82) is 0 Å². The fourth-order valence-electron chi connectivity index (χ4n) is 9.64. The molecule has 3 N–H and O–H groups in total. The molecule has 0 radical (unpaired) electrons. The van der Waals surface area contributed by atoms with Crippen molar-refractivity contribution in [3.05, 3.63) is 12.2 Å². The lowest BCUT2D eigenvalue weighted by Crippen LogP contribution is -2.45. The van der Waals surface area contributed by atoms with E-state index in [4.69, 9.17) is 4.74 Å². The van der Waals surface area contributed by atoms with Crippen molar-refractivity contribution in [2.24, 2.45) is 0 Å². The van der Waals surface area contributed by atoms with Crippen molar-refractivity contribution < 1.29 is 24.5 Å². The van der Waals surface area contributed by atoms with E-state index in [0.717, 1.165) is 44.9 Å². The summed E-state index contributed by atoms with van der Waals surface area (Å²) in [6.45, 7) is 4.96. The van der Waals surface area contributed by atoms with Crippen LogP contribution < -0.4 is 5.32 Å². The van der Waals surface area contributed by atoms with Gasteiger partial charge in [0, 0.05) is 12.8 Å². The lowest BCUT2D eigenvalue weighted by Gasteiger charge is -2.22. The van der Waals surface area contributed by atoms with E-state index in [9.17, 15) is 19.8 Å². The zero-order valence-corrected chi connectivity index (χ0v) is 45.4. The van der Waals surface area contributed by atoms with Crippen LogP contribution in [-0.2, 0) is 14.3 Å². The molecule has 0 aliphatic rings. The van der Waals surface area contributed by atoms with Crippen molar-refractivity contribution in [2.45, 2.75) is 353 Å². The summed E-state index contributed by atoms with van der Waals surface area (Å²) in [6, 6.07) is -0.540. The standard InChI is InChI=1S/C61H119NO5/c1-3-5-7-9-11-13-15-17-29-33-37-41-45-49-53-59(64)58(57-63)62-60(65)54-50-46-42-38-34-30-27-25-23-21-19-20-22-24-26-28-32-36-40-44-48-52-56-67-61(66)55-51-47-43-39-35-31-18-16-14-12-10-8-6-4-2/h16,18,58-59,63-64H,3-15,17,19-57H2,1-2H3,(H,62,65)/b18-16-. The largest absolute Gasteiger partial charge is 0.466 e. The van der Waals surface area contributed by atoms with E-state index in [-0.39, 0.29) is 18.5 Å². The summed E-state index contributed by atoms with van der Waals surface area (Å²) in [5, 5.41) is 23.3. The van der Waals surface area contributed by atoms with Gasteiger partial charge in [-0.25, -0.2) is 0 Å². The van der Waals surface area contributed by atoms with E-state index in [1.165, 1.54) is 263 Å². The van der Waals surface area contributed by atoms with Crippen molar-refractivity contribution in [3.8, 4) is 0 Å². The van der Waals surface area contributed by atoms with Gasteiger partial charge in [-0.05, 0) is 51.4 Å². The highest BCUT2D eigenvalue weighted by molar-refractivity contribution is 5.76. The molecule has 0 spiro atoms. The van der Waals surface area contributed by atoms with Crippen LogP contribution in [0, 0.1) is 0 Å². The number of unbranched alkanes of at least 4 members (excludes halogenated alkanes) is 44. The molecule has 398 valence electrons. The molecular formula is C61H119NO5. The van der Waals surface area contributed by atoms with Gasteiger partial charge in [0.15, 0.2) is 0 Å². The smallest absolute Gasteiger partial charge is 0.305 e. The number of allylic oxidation sites excluding steroid dienone is 2. The first-order valence-electron chi connectivity index (χ1n) is 30.4. The van der Waals surface area contributed by atoms with Gasteiger partial charge in [-0.15, -0.1) is 0 Å². The predicted octanol–water partition coefficient (Wildman–Crippen LogP) is 18.9. The van der Waals surface area contributed by atoms with Gasteiger partial charge in [-0.2, -0.15) is 0 Å². The maximum Gasteiger partial charge on any atom is 0.305 e. The zero-order chi connectivity index (χ0) is 48.6. The highest BCUT2D eigenvalue weighted by Crippen LogP contribution is 2.18. The Morgan fingerprint density at radius 1 is 0.403 bits per heavy atom. The molecule has 6 nitrogen and oxygen atoms in total. The molecule has 6 heteroatoms. The van der Waals surface area contributed by atoms with Gasteiger partial charge in [0.25, 0.3) is 0 Å². The molecule has 0 aliphatic carbocycles. The van der Waals surface area contributed by atoms with Gasteiger partial charge in [-0.1, -0.05) is 289 Å². The first-order valence-corrected chi connectivity index (χ1v) is 30.4. The zero-order valence-electron chi connectivity index (χ0n) is 45.4. The second-order valence-electron chi connectivity index (χ2n) is 21.0. The Morgan fingerprint density at radius 2 is 0.701 bits per heavy atom. The summed E-state index contributed by atoms with van der Waals surface area (Å²) < 4.78 is 5.48. The normalized spacial score (nSPS) is 12.6. The van der Waals surface area contributed by atoms with Crippen LogP contribution in [0.5, 0.6) is 0 Å². The second-order valence-corrected chi connectivity index (χ2v) is 21.0. The monoisotopic (exact) mass is 946 g/mol. The Morgan fingerprint density at radius 3 is 1.06 bits per heavy atom. The number of hydrogen-bond acceptors (Lipinski definition) is 5. The van der Waals surface area contributed by atoms with Crippen molar-refractivity contribution in [3.63, 3.8) is 0 Å². The molecule has 0 fully saturated rings. The summed E-state index contributed by atoms with van der Waals surface area (Å²) in [4.78, 5) is 24.5. The fraction of sp³-hybridized carbons (Fsp3) is 0.934. The Hall–Kier alpha value is -1.40.